The van der Waals surface area contributed by atoms with E-state index in [2.05, 4.69) is 10.3 Å². The van der Waals surface area contributed by atoms with Gasteiger partial charge < -0.3 is 10.1 Å². The average molecular weight is 407 g/mol. The molecule has 0 fully saturated rings. The van der Waals surface area contributed by atoms with Crippen molar-refractivity contribution in [3.8, 4) is 21.4 Å². The van der Waals surface area contributed by atoms with E-state index in [1.54, 1.807) is 22.7 Å². The molecule has 28 heavy (non-hydrogen) atoms. The Balaban J connectivity index is 1.44. The summed E-state index contributed by atoms with van der Waals surface area (Å²) in [7, 11) is 0. The number of thiophene rings is 1. The predicted octanol–water partition coefficient (Wildman–Crippen LogP) is 6.15. The highest BCUT2D eigenvalue weighted by Crippen LogP contribution is 2.30. The molecule has 0 atom stereocenters. The van der Waals surface area contributed by atoms with Crippen LogP contribution >= 0.6 is 22.7 Å². The van der Waals surface area contributed by atoms with Crippen LogP contribution in [0.1, 0.15) is 11.3 Å². The number of thiazole rings is 1. The van der Waals surface area contributed by atoms with Crippen molar-refractivity contribution in [2.45, 2.75) is 13.3 Å². The minimum atomic E-state index is -0.122. The molecule has 4 nitrogen and oxygen atoms in total. The third kappa shape index (κ3) is 4.47. The Hall–Kier alpha value is -2.96. The Kier molecular flexibility index (Phi) is 5.50. The summed E-state index contributed by atoms with van der Waals surface area (Å²) in [5.41, 5.74) is 2.57. The van der Waals surface area contributed by atoms with Crippen LogP contribution in [0.3, 0.4) is 0 Å². The van der Waals surface area contributed by atoms with Gasteiger partial charge in [0, 0.05) is 5.38 Å². The molecular weight excluding hydrogens is 388 g/mol. The van der Waals surface area contributed by atoms with Gasteiger partial charge in [-0.05, 0) is 42.6 Å². The molecule has 2 aromatic carbocycles. The first-order valence-electron chi connectivity index (χ1n) is 8.79. The fourth-order valence-corrected chi connectivity index (χ4v) is 4.29. The van der Waals surface area contributed by atoms with Gasteiger partial charge in [0.2, 0.25) is 5.91 Å². The SMILES string of the molecule is Cc1ccc(Oc2ccccc2NC(=O)Cc2csc(-c3cccs3)n2)cc1. The molecule has 140 valence electrons. The molecule has 0 spiro atoms. The van der Waals surface area contributed by atoms with Gasteiger partial charge in [-0.25, -0.2) is 4.98 Å². The lowest BCUT2D eigenvalue weighted by atomic mass is 10.2. The molecule has 0 aliphatic rings. The molecule has 0 bridgehead atoms. The third-order valence-electron chi connectivity index (χ3n) is 4.04. The highest BCUT2D eigenvalue weighted by molar-refractivity contribution is 7.20. The molecule has 1 N–H and O–H groups in total. The first-order valence-corrected chi connectivity index (χ1v) is 10.5. The number of benzene rings is 2. The number of para-hydroxylation sites is 2. The van der Waals surface area contributed by atoms with Crippen molar-refractivity contribution in [2.75, 3.05) is 5.32 Å². The molecule has 4 rings (SSSR count). The van der Waals surface area contributed by atoms with Gasteiger partial charge in [0.25, 0.3) is 0 Å². The fourth-order valence-electron chi connectivity index (χ4n) is 2.65. The summed E-state index contributed by atoms with van der Waals surface area (Å²) >= 11 is 3.20. The largest absolute Gasteiger partial charge is 0.455 e. The van der Waals surface area contributed by atoms with E-state index in [-0.39, 0.29) is 12.3 Å². The molecule has 1 amide bonds. The van der Waals surface area contributed by atoms with Gasteiger partial charge in [-0.2, -0.15) is 0 Å². The molecule has 0 saturated heterocycles. The van der Waals surface area contributed by atoms with Crippen LogP contribution < -0.4 is 10.1 Å². The lowest BCUT2D eigenvalue weighted by Gasteiger charge is -2.12. The lowest BCUT2D eigenvalue weighted by molar-refractivity contribution is -0.115. The number of aryl methyl sites for hydroxylation is 1. The van der Waals surface area contributed by atoms with Crippen LogP contribution in [0, 0.1) is 6.92 Å². The van der Waals surface area contributed by atoms with Crippen LogP contribution in [0.2, 0.25) is 0 Å². The van der Waals surface area contributed by atoms with Crippen molar-refractivity contribution in [1.29, 1.82) is 0 Å². The maximum atomic E-state index is 12.5. The average Bonchev–Trinajstić information content (AvgIpc) is 3.37. The first kappa shape index (κ1) is 18.4. The van der Waals surface area contributed by atoms with Gasteiger partial charge in [-0.3, -0.25) is 4.79 Å². The van der Waals surface area contributed by atoms with Gasteiger partial charge in [-0.15, -0.1) is 22.7 Å². The van der Waals surface area contributed by atoms with Gasteiger partial charge in [0.05, 0.1) is 22.7 Å². The summed E-state index contributed by atoms with van der Waals surface area (Å²) in [6, 6.07) is 19.3. The summed E-state index contributed by atoms with van der Waals surface area (Å²) in [6.07, 6.45) is 0.223. The Morgan fingerprint density at radius 1 is 1.04 bits per heavy atom. The number of hydrogen-bond acceptors (Lipinski definition) is 5. The van der Waals surface area contributed by atoms with E-state index in [9.17, 15) is 4.79 Å². The Morgan fingerprint density at radius 3 is 2.64 bits per heavy atom. The van der Waals surface area contributed by atoms with Crippen molar-refractivity contribution in [1.82, 2.24) is 4.98 Å². The second-order valence-electron chi connectivity index (χ2n) is 6.26. The highest BCUT2D eigenvalue weighted by Gasteiger charge is 2.12. The van der Waals surface area contributed by atoms with Crippen LogP contribution in [0.25, 0.3) is 9.88 Å². The normalized spacial score (nSPS) is 10.6. The summed E-state index contributed by atoms with van der Waals surface area (Å²) < 4.78 is 5.94. The number of ether oxygens (including phenoxy) is 1. The van der Waals surface area contributed by atoms with Crippen molar-refractivity contribution in [2.24, 2.45) is 0 Å². The molecule has 2 heterocycles. The standard InChI is InChI=1S/C22H18N2O2S2/c1-15-8-10-17(11-9-15)26-19-6-3-2-5-18(19)24-21(25)13-16-14-28-22(23-16)20-7-4-12-27-20/h2-12,14H,13H2,1H3,(H,24,25). The highest BCUT2D eigenvalue weighted by atomic mass is 32.1. The monoisotopic (exact) mass is 406 g/mol. The molecule has 0 aliphatic carbocycles. The molecule has 0 radical (unpaired) electrons. The van der Waals surface area contributed by atoms with Crippen LogP contribution in [-0.2, 0) is 11.2 Å². The Bertz CT molecular complexity index is 1070. The molecule has 6 heteroatoms. The van der Waals surface area contributed by atoms with Crippen molar-refractivity contribution < 1.29 is 9.53 Å². The van der Waals surface area contributed by atoms with Gasteiger partial charge in [-0.1, -0.05) is 35.9 Å². The van der Waals surface area contributed by atoms with E-state index in [1.807, 2.05) is 78.3 Å². The van der Waals surface area contributed by atoms with Crippen LogP contribution in [-0.4, -0.2) is 10.9 Å². The van der Waals surface area contributed by atoms with E-state index in [0.717, 1.165) is 21.3 Å². The summed E-state index contributed by atoms with van der Waals surface area (Å²) in [5, 5.41) is 7.84. The molecule has 0 aliphatic heterocycles. The zero-order chi connectivity index (χ0) is 19.3. The minimum Gasteiger partial charge on any atom is -0.455 e. The summed E-state index contributed by atoms with van der Waals surface area (Å²) in [6.45, 7) is 2.03. The summed E-state index contributed by atoms with van der Waals surface area (Å²) in [5.74, 6) is 1.22. The number of hydrogen-bond donors (Lipinski definition) is 1. The van der Waals surface area contributed by atoms with E-state index in [1.165, 1.54) is 5.56 Å². The van der Waals surface area contributed by atoms with Crippen molar-refractivity contribution in [3.63, 3.8) is 0 Å². The van der Waals surface area contributed by atoms with Gasteiger partial charge >= 0.3 is 0 Å². The topological polar surface area (TPSA) is 51.2 Å². The molecule has 0 saturated carbocycles. The number of carbonyl (C=O) groups is 1. The van der Waals surface area contributed by atoms with Gasteiger partial charge in [0.15, 0.2) is 5.75 Å². The Morgan fingerprint density at radius 2 is 1.86 bits per heavy atom. The van der Waals surface area contributed by atoms with Crippen LogP contribution in [0.15, 0.2) is 71.4 Å². The Labute approximate surface area is 171 Å². The molecule has 4 aromatic rings. The van der Waals surface area contributed by atoms with E-state index < -0.39 is 0 Å². The zero-order valence-corrected chi connectivity index (χ0v) is 16.8. The number of anilines is 1. The van der Waals surface area contributed by atoms with E-state index in [0.29, 0.717) is 11.4 Å². The lowest BCUT2D eigenvalue weighted by Crippen LogP contribution is -2.15. The van der Waals surface area contributed by atoms with Gasteiger partial charge in [0.1, 0.15) is 10.8 Å². The zero-order valence-electron chi connectivity index (χ0n) is 15.2. The summed E-state index contributed by atoms with van der Waals surface area (Å²) in [4.78, 5) is 18.2. The number of aromatic nitrogens is 1. The van der Waals surface area contributed by atoms with E-state index >= 15 is 0 Å². The number of carbonyl (C=O) groups excluding carboxylic acids is 1. The quantitative estimate of drug-likeness (QED) is 0.418. The minimum absolute atomic E-state index is 0.122. The number of nitrogens with one attached hydrogen (secondary N) is 1. The number of amides is 1. The fraction of sp³-hybridized carbons (Fsp3) is 0.0909. The molecular formula is C22H18N2O2S2. The molecule has 0 unspecified atom stereocenters. The van der Waals surface area contributed by atoms with Crippen LogP contribution in [0.4, 0.5) is 5.69 Å². The maximum Gasteiger partial charge on any atom is 0.230 e. The smallest absolute Gasteiger partial charge is 0.230 e. The predicted molar refractivity (Wildman–Crippen MR) is 115 cm³/mol. The molecule has 2 aromatic heterocycles. The number of nitrogens with zero attached hydrogens (tertiary/aromatic N) is 1. The maximum absolute atomic E-state index is 12.5. The van der Waals surface area contributed by atoms with Crippen molar-refractivity contribution in [3.05, 3.63) is 82.7 Å². The second kappa shape index (κ2) is 8.37. The second-order valence-corrected chi connectivity index (χ2v) is 8.06. The van der Waals surface area contributed by atoms with E-state index in [4.69, 9.17) is 4.74 Å². The number of rotatable bonds is 6. The van der Waals surface area contributed by atoms with Crippen LogP contribution in [0.5, 0.6) is 11.5 Å². The third-order valence-corrected chi connectivity index (χ3v) is 5.97. The first-order chi connectivity index (χ1) is 13.7. The van der Waals surface area contributed by atoms with Crippen molar-refractivity contribution >= 4 is 34.3 Å².